The van der Waals surface area contributed by atoms with Crippen LogP contribution >= 0.6 is 27.3 Å². The van der Waals surface area contributed by atoms with E-state index in [1.807, 2.05) is 43.5 Å². The van der Waals surface area contributed by atoms with E-state index in [1.54, 1.807) is 4.90 Å². The summed E-state index contributed by atoms with van der Waals surface area (Å²) in [6.45, 7) is 5.12. The average Bonchev–Trinajstić information content (AvgIpc) is 3.04. The van der Waals surface area contributed by atoms with Crippen LogP contribution in [0.15, 0.2) is 45.2 Å². The summed E-state index contributed by atoms with van der Waals surface area (Å²) in [6.07, 6.45) is 1.47. The number of halogens is 1. The third-order valence-corrected chi connectivity index (χ3v) is 5.55. The molecule has 0 aliphatic rings. The predicted octanol–water partition coefficient (Wildman–Crippen LogP) is 3.76. The van der Waals surface area contributed by atoms with E-state index in [-0.39, 0.29) is 18.0 Å². The molecule has 0 saturated carbocycles. The largest absolute Gasteiger partial charge is 0.342 e. The van der Waals surface area contributed by atoms with Gasteiger partial charge in [0.15, 0.2) is 0 Å². The minimum Gasteiger partial charge on any atom is -0.342 e. The van der Waals surface area contributed by atoms with Gasteiger partial charge in [-0.3, -0.25) is 14.2 Å². The summed E-state index contributed by atoms with van der Waals surface area (Å²) in [5.74, 6) is -0.0753. The van der Waals surface area contributed by atoms with Gasteiger partial charge in [0, 0.05) is 28.5 Å². The Morgan fingerprint density at radius 2 is 1.92 bits per heavy atom. The minimum atomic E-state index is -0.176. The summed E-state index contributed by atoms with van der Waals surface area (Å²) in [5, 5.41) is 2.51. The Morgan fingerprint density at radius 3 is 2.56 bits per heavy atom. The zero-order valence-corrected chi connectivity index (χ0v) is 16.4. The molecule has 0 bridgehead atoms. The highest BCUT2D eigenvalue weighted by Crippen LogP contribution is 2.31. The number of benzene rings is 1. The number of rotatable bonds is 5. The Kier molecular flexibility index (Phi) is 5.34. The van der Waals surface area contributed by atoms with E-state index in [4.69, 9.17) is 0 Å². The normalized spacial score (nSPS) is 11.0. The van der Waals surface area contributed by atoms with E-state index in [2.05, 4.69) is 20.9 Å². The van der Waals surface area contributed by atoms with E-state index in [1.165, 1.54) is 22.2 Å². The quantitative estimate of drug-likeness (QED) is 0.632. The molecule has 0 N–H and O–H groups in total. The summed E-state index contributed by atoms with van der Waals surface area (Å²) in [4.78, 5) is 32.0. The van der Waals surface area contributed by atoms with Crippen molar-refractivity contribution in [3.8, 4) is 11.1 Å². The van der Waals surface area contributed by atoms with E-state index < -0.39 is 0 Å². The lowest BCUT2D eigenvalue weighted by molar-refractivity contribution is -0.131. The first-order valence-electron chi connectivity index (χ1n) is 8.05. The standard InChI is InChI=1S/C18H18BrN3O2S/c1-3-21(4-2)15(23)9-22-11-20-17-16(18(22)24)14(10-25-17)12-5-7-13(19)8-6-12/h5-8,10-11H,3-4,9H2,1-2H3. The highest BCUT2D eigenvalue weighted by atomic mass is 79.9. The van der Waals surface area contributed by atoms with E-state index in [9.17, 15) is 9.59 Å². The molecule has 0 spiro atoms. The lowest BCUT2D eigenvalue weighted by Crippen LogP contribution is -2.36. The SMILES string of the molecule is CCN(CC)C(=O)Cn1cnc2scc(-c3ccc(Br)cc3)c2c1=O. The molecule has 2 aromatic heterocycles. The molecule has 0 aliphatic heterocycles. The molecule has 7 heteroatoms. The highest BCUT2D eigenvalue weighted by Gasteiger charge is 2.16. The number of fused-ring (bicyclic) bond motifs is 1. The Labute approximate surface area is 158 Å². The van der Waals surface area contributed by atoms with Crippen LogP contribution in [0, 0.1) is 0 Å². The van der Waals surface area contributed by atoms with Gasteiger partial charge in [0.05, 0.1) is 11.7 Å². The highest BCUT2D eigenvalue weighted by molar-refractivity contribution is 9.10. The summed E-state index contributed by atoms with van der Waals surface area (Å²) in [5.41, 5.74) is 1.64. The molecule has 1 amide bonds. The number of amides is 1. The fourth-order valence-corrected chi connectivity index (χ4v) is 3.91. The van der Waals surface area contributed by atoms with Gasteiger partial charge in [0.25, 0.3) is 5.56 Å². The number of aromatic nitrogens is 2. The molecular formula is C18H18BrN3O2S. The molecule has 0 atom stereocenters. The van der Waals surface area contributed by atoms with Crippen molar-refractivity contribution >= 4 is 43.4 Å². The molecule has 0 fully saturated rings. The van der Waals surface area contributed by atoms with Crippen molar-refractivity contribution in [1.29, 1.82) is 0 Å². The van der Waals surface area contributed by atoms with Crippen molar-refractivity contribution in [3.05, 3.63) is 50.8 Å². The fraction of sp³-hybridized carbons (Fsp3) is 0.278. The fourth-order valence-electron chi connectivity index (χ4n) is 2.74. The van der Waals surface area contributed by atoms with Crippen LogP contribution in [-0.2, 0) is 11.3 Å². The van der Waals surface area contributed by atoms with E-state index >= 15 is 0 Å². The smallest absolute Gasteiger partial charge is 0.263 e. The van der Waals surface area contributed by atoms with Crippen LogP contribution in [0.1, 0.15) is 13.8 Å². The third-order valence-electron chi connectivity index (χ3n) is 4.14. The predicted molar refractivity (Wildman–Crippen MR) is 105 cm³/mol. The maximum absolute atomic E-state index is 12.9. The number of nitrogens with zero attached hydrogens (tertiary/aromatic N) is 3. The second kappa shape index (κ2) is 7.49. The second-order valence-electron chi connectivity index (χ2n) is 5.58. The summed E-state index contributed by atoms with van der Waals surface area (Å²) >= 11 is 4.86. The molecule has 130 valence electrons. The maximum Gasteiger partial charge on any atom is 0.263 e. The number of likely N-dealkylation sites (N-methyl/N-ethyl adjacent to an activating group) is 1. The van der Waals surface area contributed by atoms with Crippen LogP contribution in [-0.4, -0.2) is 33.4 Å². The van der Waals surface area contributed by atoms with Gasteiger partial charge in [-0.25, -0.2) is 4.98 Å². The molecule has 5 nitrogen and oxygen atoms in total. The van der Waals surface area contributed by atoms with E-state index in [0.29, 0.717) is 23.3 Å². The van der Waals surface area contributed by atoms with Crippen molar-refractivity contribution in [3.63, 3.8) is 0 Å². The van der Waals surface area contributed by atoms with Crippen LogP contribution < -0.4 is 5.56 Å². The van der Waals surface area contributed by atoms with Crippen LogP contribution in [0.2, 0.25) is 0 Å². The molecule has 0 radical (unpaired) electrons. The first-order valence-corrected chi connectivity index (χ1v) is 9.72. The van der Waals surface area contributed by atoms with Gasteiger partial charge in [0.2, 0.25) is 5.91 Å². The molecule has 0 saturated heterocycles. The number of carbonyl (C=O) groups excluding carboxylic acids is 1. The van der Waals surface area contributed by atoms with Gasteiger partial charge in [-0.2, -0.15) is 0 Å². The van der Waals surface area contributed by atoms with Gasteiger partial charge in [0.1, 0.15) is 11.4 Å². The van der Waals surface area contributed by atoms with Crippen LogP contribution in [0.3, 0.4) is 0 Å². The first kappa shape index (κ1) is 17.8. The van der Waals surface area contributed by atoms with Crippen molar-refractivity contribution in [2.75, 3.05) is 13.1 Å². The summed E-state index contributed by atoms with van der Waals surface area (Å²) in [7, 11) is 0. The molecule has 0 unspecified atom stereocenters. The number of carbonyl (C=O) groups is 1. The monoisotopic (exact) mass is 419 g/mol. The second-order valence-corrected chi connectivity index (χ2v) is 7.35. The zero-order valence-electron chi connectivity index (χ0n) is 14.0. The van der Waals surface area contributed by atoms with Crippen molar-refractivity contribution in [1.82, 2.24) is 14.5 Å². The van der Waals surface area contributed by atoms with Crippen molar-refractivity contribution in [2.45, 2.75) is 20.4 Å². The van der Waals surface area contributed by atoms with Gasteiger partial charge < -0.3 is 4.90 Å². The minimum absolute atomic E-state index is 0.0130. The molecule has 2 heterocycles. The lowest BCUT2D eigenvalue weighted by atomic mass is 10.1. The molecule has 3 aromatic rings. The van der Waals surface area contributed by atoms with E-state index in [0.717, 1.165) is 15.6 Å². The third kappa shape index (κ3) is 3.52. The zero-order chi connectivity index (χ0) is 18.0. The average molecular weight is 420 g/mol. The van der Waals surface area contributed by atoms with Crippen molar-refractivity contribution in [2.24, 2.45) is 0 Å². The number of hydrogen-bond acceptors (Lipinski definition) is 4. The Hall–Kier alpha value is -1.99. The summed E-state index contributed by atoms with van der Waals surface area (Å²) < 4.78 is 2.38. The Balaban J connectivity index is 2.04. The maximum atomic E-state index is 12.9. The lowest BCUT2D eigenvalue weighted by Gasteiger charge is -2.18. The summed E-state index contributed by atoms with van der Waals surface area (Å²) in [6, 6.07) is 7.81. The Morgan fingerprint density at radius 1 is 1.24 bits per heavy atom. The van der Waals surface area contributed by atoms with Crippen LogP contribution in [0.4, 0.5) is 0 Å². The topological polar surface area (TPSA) is 55.2 Å². The van der Waals surface area contributed by atoms with Gasteiger partial charge in [-0.15, -0.1) is 11.3 Å². The Bertz CT molecular complexity index is 959. The van der Waals surface area contributed by atoms with Gasteiger partial charge in [-0.05, 0) is 31.5 Å². The first-order chi connectivity index (χ1) is 12.0. The molecule has 0 aliphatic carbocycles. The molecule has 25 heavy (non-hydrogen) atoms. The van der Waals surface area contributed by atoms with Crippen LogP contribution in [0.25, 0.3) is 21.3 Å². The van der Waals surface area contributed by atoms with Gasteiger partial charge in [-0.1, -0.05) is 28.1 Å². The number of thiophene rings is 1. The molecule has 1 aromatic carbocycles. The number of hydrogen-bond donors (Lipinski definition) is 0. The molecule has 3 rings (SSSR count). The van der Waals surface area contributed by atoms with Gasteiger partial charge >= 0.3 is 0 Å². The molecular weight excluding hydrogens is 402 g/mol. The van der Waals surface area contributed by atoms with Crippen molar-refractivity contribution < 1.29 is 4.79 Å². The van der Waals surface area contributed by atoms with Crippen LogP contribution in [0.5, 0.6) is 0 Å².